The zero-order valence-corrected chi connectivity index (χ0v) is 6.97. The minimum atomic E-state index is -1.46. The molecule has 1 aromatic rings. The average molecular weight is 178 g/mol. The van der Waals surface area contributed by atoms with Gasteiger partial charge < -0.3 is 10.2 Å². The number of hydrogen-bond donors (Lipinski definition) is 2. The molecule has 0 aliphatic heterocycles. The Morgan fingerprint density at radius 3 is 2.77 bits per heavy atom. The van der Waals surface area contributed by atoms with Gasteiger partial charge in [0.15, 0.2) is 6.10 Å². The van der Waals surface area contributed by atoms with Crippen molar-refractivity contribution in [2.45, 2.75) is 6.10 Å². The monoisotopic (exact) mass is 178 g/mol. The van der Waals surface area contributed by atoms with Crippen molar-refractivity contribution in [3.8, 4) is 0 Å². The summed E-state index contributed by atoms with van der Waals surface area (Å²) >= 11 is 0. The molecule has 1 aromatic carbocycles. The van der Waals surface area contributed by atoms with E-state index in [9.17, 15) is 9.90 Å². The molecule has 0 aromatic heterocycles. The Hall–Kier alpha value is -1.61. The number of rotatable bonds is 3. The van der Waals surface area contributed by atoms with Crippen molar-refractivity contribution >= 4 is 12.0 Å². The van der Waals surface area contributed by atoms with E-state index in [-0.39, 0.29) is 0 Å². The molecule has 1 atom stereocenters. The highest BCUT2D eigenvalue weighted by Gasteiger charge is 2.15. The van der Waals surface area contributed by atoms with Crippen molar-refractivity contribution in [1.29, 1.82) is 0 Å². The molecule has 0 spiro atoms. The van der Waals surface area contributed by atoms with Gasteiger partial charge in [0.25, 0.3) is 0 Å². The summed E-state index contributed by atoms with van der Waals surface area (Å²) in [6, 6.07) is 6.61. The van der Waals surface area contributed by atoms with Crippen LogP contribution in [0.3, 0.4) is 0 Å². The van der Waals surface area contributed by atoms with Crippen LogP contribution in [0.25, 0.3) is 6.08 Å². The van der Waals surface area contributed by atoms with E-state index in [2.05, 4.69) is 6.58 Å². The Balaban J connectivity index is 3.01. The maximum atomic E-state index is 10.4. The second kappa shape index (κ2) is 3.87. The molecular formula is C10H10O3. The van der Waals surface area contributed by atoms with Crippen LogP contribution in [0.5, 0.6) is 0 Å². The van der Waals surface area contributed by atoms with E-state index in [1.807, 2.05) is 0 Å². The normalized spacial score (nSPS) is 12.1. The van der Waals surface area contributed by atoms with E-state index in [0.717, 1.165) is 5.56 Å². The van der Waals surface area contributed by atoms with E-state index >= 15 is 0 Å². The predicted molar refractivity (Wildman–Crippen MR) is 49.1 cm³/mol. The second-order valence-electron chi connectivity index (χ2n) is 2.62. The molecule has 13 heavy (non-hydrogen) atoms. The van der Waals surface area contributed by atoms with Crippen molar-refractivity contribution in [2.75, 3.05) is 0 Å². The van der Waals surface area contributed by atoms with Crippen molar-refractivity contribution in [3.05, 3.63) is 42.0 Å². The first-order valence-corrected chi connectivity index (χ1v) is 3.78. The third-order valence-corrected chi connectivity index (χ3v) is 1.70. The molecule has 3 nitrogen and oxygen atoms in total. The molecule has 0 heterocycles. The molecule has 0 unspecified atom stereocenters. The molecule has 68 valence electrons. The third-order valence-electron chi connectivity index (χ3n) is 1.70. The summed E-state index contributed by atoms with van der Waals surface area (Å²) < 4.78 is 0. The zero-order valence-electron chi connectivity index (χ0n) is 6.97. The summed E-state index contributed by atoms with van der Waals surface area (Å²) in [5.41, 5.74) is 1.16. The summed E-state index contributed by atoms with van der Waals surface area (Å²) in [5, 5.41) is 17.7. The van der Waals surface area contributed by atoms with Crippen LogP contribution in [0.15, 0.2) is 30.8 Å². The first-order valence-electron chi connectivity index (χ1n) is 3.78. The number of aliphatic hydroxyl groups is 1. The third kappa shape index (κ3) is 2.16. The van der Waals surface area contributed by atoms with Crippen molar-refractivity contribution < 1.29 is 15.0 Å². The number of hydrogen-bond acceptors (Lipinski definition) is 2. The van der Waals surface area contributed by atoms with Gasteiger partial charge in [-0.2, -0.15) is 0 Å². The van der Waals surface area contributed by atoms with Crippen LogP contribution in [0.2, 0.25) is 0 Å². The maximum absolute atomic E-state index is 10.4. The fourth-order valence-electron chi connectivity index (χ4n) is 0.999. The lowest BCUT2D eigenvalue weighted by atomic mass is 10.1. The molecule has 0 aliphatic carbocycles. The lowest BCUT2D eigenvalue weighted by Crippen LogP contribution is -2.10. The van der Waals surface area contributed by atoms with E-state index in [0.29, 0.717) is 5.56 Å². The van der Waals surface area contributed by atoms with Gasteiger partial charge in [-0.15, -0.1) is 0 Å². The second-order valence-corrected chi connectivity index (χ2v) is 2.62. The molecule has 0 amide bonds. The van der Waals surface area contributed by atoms with Gasteiger partial charge in [-0.1, -0.05) is 30.9 Å². The van der Waals surface area contributed by atoms with Crippen LogP contribution in [-0.4, -0.2) is 16.2 Å². The highest BCUT2D eigenvalue weighted by Crippen LogP contribution is 2.15. The fourth-order valence-corrected chi connectivity index (χ4v) is 0.999. The van der Waals surface area contributed by atoms with Gasteiger partial charge in [0, 0.05) is 0 Å². The van der Waals surface area contributed by atoms with Crippen LogP contribution in [0.1, 0.15) is 17.2 Å². The largest absolute Gasteiger partial charge is 0.479 e. The topological polar surface area (TPSA) is 57.5 Å². The van der Waals surface area contributed by atoms with Crippen LogP contribution >= 0.6 is 0 Å². The molecule has 0 aliphatic rings. The van der Waals surface area contributed by atoms with E-state index in [1.54, 1.807) is 30.3 Å². The van der Waals surface area contributed by atoms with Crippen LogP contribution in [-0.2, 0) is 4.79 Å². The summed E-state index contributed by atoms with van der Waals surface area (Å²) in [6.45, 7) is 3.55. The quantitative estimate of drug-likeness (QED) is 0.736. The van der Waals surface area contributed by atoms with Crippen molar-refractivity contribution in [3.63, 3.8) is 0 Å². The minimum absolute atomic E-state index is 0.366. The SMILES string of the molecule is C=Cc1cccc([C@H](O)C(=O)O)c1. The molecule has 0 bridgehead atoms. The van der Waals surface area contributed by atoms with Crippen LogP contribution < -0.4 is 0 Å². The van der Waals surface area contributed by atoms with Gasteiger partial charge in [-0.3, -0.25) is 0 Å². The molecule has 2 N–H and O–H groups in total. The zero-order chi connectivity index (χ0) is 9.84. The van der Waals surface area contributed by atoms with E-state index in [1.165, 1.54) is 0 Å². The van der Waals surface area contributed by atoms with Gasteiger partial charge in [0.05, 0.1) is 0 Å². The standard InChI is InChI=1S/C10H10O3/c1-2-7-4-3-5-8(6-7)9(11)10(12)13/h2-6,9,11H,1H2,(H,12,13)/t9-/m0/s1. The lowest BCUT2D eigenvalue weighted by Gasteiger charge is -2.05. The number of aliphatic carboxylic acids is 1. The Morgan fingerprint density at radius 2 is 2.23 bits per heavy atom. The maximum Gasteiger partial charge on any atom is 0.337 e. The van der Waals surface area contributed by atoms with Gasteiger partial charge in [0.1, 0.15) is 0 Å². The molecule has 0 saturated heterocycles. The summed E-state index contributed by atoms with van der Waals surface area (Å²) in [7, 11) is 0. The highest BCUT2D eigenvalue weighted by atomic mass is 16.4. The van der Waals surface area contributed by atoms with Gasteiger partial charge in [-0.05, 0) is 17.2 Å². The van der Waals surface area contributed by atoms with Crippen molar-refractivity contribution in [1.82, 2.24) is 0 Å². The lowest BCUT2D eigenvalue weighted by molar-refractivity contribution is -0.146. The number of carboxylic acid groups (broad SMARTS) is 1. The number of carbonyl (C=O) groups is 1. The van der Waals surface area contributed by atoms with Crippen molar-refractivity contribution in [2.24, 2.45) is 0 Å². The molecule has 0 radical (unpaired) electrons. The summed E-state index contributed by atoms with van der Waals surface area (Å²) in [5.74, 6) is -1.25. The highest BCUT2D eigenvalue weighted by molar-refractivity contribution is 5.74. The van der Waals surface area contributed by atoms with Gasteiger partial charge in [-0.25, -0.2) is 4.79 Å². The Labute approximate surface area is 76.0 Å². The first-order chi connectivity index (χ1) is 6.15. The smallest absolute Gasteiger partial charge is 0.337 e. The molecular weight excluding hydrogens is 168 g/mol. The predicted octanol–water partition coefficient (Wildman–Crippen LogP) is 1.45. The number of carboxylic acids is 1. The molecule has 0 fully saturated rings. The molecule has 3 heteroatoms. The first kappa shape index (κ1) is 9.48. The Kier molecular flexibility index (Phi) is 2.82. The van der Waals surface area contributed by atoms with Crippen LogP contribution in [0, 0.1) is 0 Å². The number of benzene rings is 1. The fraction of sp³-hybridized carbons (Fsp3) is 0.100. The minimum Gasteiger partial charge on any atom is -0.479 e. The average Bonchev–Trinajstić information content (AvgIpc) is 2.16. The number of aliphatic hydroxyl groups excluding tert-OH is 1. The summed E-state index contributed by atoms with van der Waals surface area (Å²) in [6.07, 6.45) is 0.137. The summed E-state index contributed by atoms with van der Waals surface area (Å²) in [4.78, 5) is 10.4. The Bertz CT molecular complexity index is 331. The molecule has 1 rings (SSSR count). The van der Waals surface area contributed by atoms with Crippen LogP contribution in [0.4, 0.5) is 0 Å². The molecule has 0 saturated carbocycles. The van der Waals surface area contributed by atoms with Gasteiger partial charge >= 0.3 is 5.97 Å². The Morgan fingerprint density at radius 1 is 1.54 bits per heavy atom. The van der Waals surface area contributed by atoms with E-state index in [4.69, 9.17) is 5.11 Å². The van der Waals surface area contributed by atoms with E-state index < -0.39 is 12.1 Å². The van der Waals surface area contributed by atoms with Gasteiger partial charge in [0.2, 0.25) is 0 Å².